The molecule has 4 rings (SSSR count). The minimum atomic E-state index is -1.26. The van der Waals surface area contributed by atoms with E-state index in [0.717, 1.165) is 54.5 Å². The number of ether oxygens (including phenoxy) is 1. The largest absolute Gasteiger partial charge is 0.492 e. The van der Waals surface area contributed by atoms with Crippen molar-refractivity contribution in [2.45, 2.75) is 51.0 Å². The van der Waals surface area contributed by atoms with E-state index in [1.807, 2.05) is 63.5 Å². The summed E-state index contributed by atoms with van der Waals surface area (Å²) in [7, 11) is 4.03. The number of carboxylic acids is 1. The van der Waals surface area contributed by atoms with Crippen LogP contribution in [0.1, 0.15) is 54.6 Å². The van der Waals surface area contributed by atoms with Gasteiger partial charge in [-0.1, -0.05) is 61.2 Å². The molecule has 0 unspecified atom stereocenters. The number of pyridine rings is 1. The number of carbonyl (C=O) groups excluding carboxylic acids is 1. The fourth-order valence-corrected chi connectivity index (χ4v) is 5.22. The molecule has 3 aromatic rings. The molecular formula is C31H37Cl2N3O4. The summed E-state index contributed by atoms with van der Waals surface area (Å²) in [5.74, 6) is -0.945. The van der Waals surface area contributed by atoms with Crippen LogP contribution in [-0.4, -0.2) is 59.7 Å². The molecule has 2 N–H and O–H groups in total. The highest BCUT2D eigenvalue weighted by Crippen LogP contribution is 2.37. The first-order chi connectivity index (χ1) is 18.7. The Balaban J connectivity index is 0.00000441. The molecule has 2 aromatic carbocycles. The van der Waals surface area contributed by atoms with E-state index >= 15 is 0 Å². The van der Waals surface area contributed by atoms with Gasteiger partial charge in [-0.25, -0.2) is 9.78 Å². The second kappa shape index (κ2) is 14.0. The van der Waals surface area contributed by atoms with Gasteiger partial charge in [0.15, 0.2) is 0 Å². The van der Waals surface area contributed by atoms with E-state index in [0.29, 0.717) is 35.9 Å². The number of aryl methyl sites for hydroxylation is 1. The van der Waals surface area contributed by atoms with Crippen molar-refractivity contribution in [1.82, 2.24) is 15.2 Å². The van der Waals surface area contributed by atoms with Gasteiger partial charge in [-0.3, -0.25) is 4.79 Å². The van der Waals surface area contributed by atoms with Gasteiger partial charge in [0.25, 0.3) is 5.91 Å². The Hall–Kier alpha value is -3.13. The minimum Gasteiger partial charge on any atom is -0.492 e. The fraction of sp³-hybridized carbons (Fsp3) is 0.387. The summed E-state index contributed by atoms with van der Waals surface area (Å²) in [5.41, 5.74) is 3.16. The molecular weight excluding hydrogens is 549 g/mol. The van der Waals surface area contributed by atoms with Crippen LogP contribution >= 0.6 is 24.0 Å². The second-order valence-corrected chi connectivity index (χ2v) is 10.9. The zero-order valence-electron chi connectivity index (χ0n) is 23.2. The summed E-state index contributed by atoms with van der Waals surface area (Å²) in [6.07, 6.45) is 4.16. The lowest BCUT2D eigenvalue weighted by Crippen LogP contribution is -2.55. The number of hydrogen-bond acceptors (Lipinski definition) is 5. The van der Waals surface area contributed by atoms with E-state index in [1.54, 1.807) is 12.1 Å². The summed E-state index contributed by atoms with van der Waals surface area (Å²) in [4.78, 5) is 32.4. The van der Waals surface area contributed by atoms with Gasteiger partial charge in [0.05, 0.1) is 17.3 Å². The van der Waals surface area contributed by atoms with E-state index in [2.05, 4.69) is 10.2 Å². The minimum absolute atomic E-state index is 0. The first-order valence-electron chi connectivity index (χ1n) is 13.4. The van der Waals surface area contributed by atoms with Crippen molar-refractivity contribution in [3.8, 4) is 28.1 Å². The van der Waals surface area contributed by atoms with Crippen LogP contribution in [0.3, 0.4) is 0 Å². The van der Waals surface area contributed by atoms with Crippen LogP contribution in [0.15, 0.2) is 54.6 Å². The van der Waals surface area contributed by atoms with Crippen molar-refractivity contribution in [3.05, 3.63) is 70.9 Å². The normalized spacial score (nSPS) is 14.3. The van der Waals surface area contributed by atoms with Crippen LogP contribution in [-0.2, 0) is 4.79 Å². The highest BCUT2D eigenvalue weighted by Gasteiger charge is 2.41. The van der Waals surface area contributed by atoms with E-state index in [9.17, 15) is 14.7 Å². The molecule has 0 bridgehead atoms. The third-order valence-corrected chi connectivity index (χ3v) is 7.56. The number of nitrogens with zero attached hydrogens (tertiary/aromatic N) is 2. The van der Waals surface area contributed by atoms with E-state index < -0.39 is 17.4 Å². The van der Waals surface area contributed by atoms with Gasteiger partial charge < -0.3 is 20.1 Å². The highest BCUT2D eigenvalue weighted by molar-refractivity contribution is 6.32. The number of carbonyl (C=O) groups is 2. The maximum Gasteiger partial charge on any atom is 0.329 e. The van der Waals surface area contributed by atoms with Crippen molar-refractivity contribution < 1.29 is 19.4 Å². The quantitative estimate of drug-likeness (QED) is 0.259. The molecule has 1 aromatic heterocycles. The Morgan fingerprint density at radius 1 is 1.05 bits per heavy atom. The second-order valence-electron chi connectivity index (χ2n) is 10.5. The third-order valence-electron chi connectivity index (χ3n) is 7.24. The number of nitrogens with one attached hydrogen (secondary N) is 1. The lowest BCUT2D eigenvalue weighted by Gasteiger charge is -2.33. The molecule has 1 amide bonds. The Morgan fingerprint density at radius 2 is 1.77 bits per heavy atom. The predicted molar refractivity (Wildman–Crippen MR) is 162 cm³/mol. The Labute approximate surface area is 247 Å². The van der Waals surface area contributed by atoms with Gasteiger partial charge in [-0.2, -0.15) is 0 Å². The number of hydrogen-bond donors (Lipinski definition) is 2. The molecule has 0 aliphatic heterocycles. The van der Waals surface area contributed by atoms with Gasteiger partial charge in [-0.05, 0) is 75.7 Å². The van der Waals surface area contributed by atoms with Gasteiger partial charge in [0.2, 0.25) is 0 Å². The Morgan fingerprint density at radius 3 is 2.45 bits per heavy atom. The third kappa shape index (κ3) is 7.33. The van der Waals surface area contributed by atoms with E-state index in [-0.39, 0.29) is 18.1 Å². The number of rotatable bonds is 10. The van der Waals surface area contributed by atoms with Crippen LogP contribution < -0.4 is 10.1 Å². The summed E-state index contributed by atoms with van der Waals surface area (Å²) in [6, 6.07) is 17.0. The van der Waals surface area contributed by atoms with Crippen LogP contribution in [0.25, 0.3) is 22.4 Å². The zero-order valence-corrected chi connectivity index (χ0v) is 24.8. The smallest absolute Gasteiger partial charge is 0.329 e. The molecule has 9 heteroatoms. The summed E-state index contributed by atoms with van der Waals surface area (Å²) in [5, 5.41) is 13.3. The number of benzene rings is 2. The molecule has 1 saturated carbocycles. The molecule has 1 fully saturated rings. The van der Waals surface area contributed by atoms with Crippen LogP contribution in [0.4, 0.5) is 0 Å². The lowest BCUT2D eigenvalue weighted by molar-refractivity contribution is -0.145. The van der Waals surface area contributed by atoms with Gasteiger partial charge in [-0.15, -0.1) is 12.4 Å². The molecule has 0 atom stereocenters. The van der Waals surface area contributed by atoms with Gasteiger partial charge in [0.1, 0.15) is 17.0 Å². The van der Waals surface area contributed by atoms with Crippen molar-refractivity contribution >= 4 is 35.9 Å². The van der Waals surface area contributed by atoms with Gasteiger partial charge >= 0.3 is 5.97 Å². The first-order valence-corrected chi connectivity index (χ1v) is 13.8. The molecule has 0 radical (unpaired) electrons. The first kappa shape index (κ1) is 31.4. The molecule has 1 aliphatic rings. The number of carboxylic acid groups (broad SMARTS) is 1. The number of aromatic nitrogens is 1. The zero-order chi connectivity index (χ0) is 28.0. The van der Waals surface area contributed by atoms with Crippen LogP contribution in [0, 0.1) is 6.92 Å². The topological polar surface area (TPSA) is 91.8 Å². The van der Waals surface area contributed by atoms with Crippen molar-refractivity contribution in [3.63, 3.8) is 0 Å². The fourth-order valence-electron chi connectivity index (χ4n) is 5.05. The van der Waals surface area contributed by atoms with Crippen molar-refractivity contribution in [2.24, 2.45) is 0 Å². The predicted octanol–water partition coefficient (Wildman–Crippen LogP) is 6.65. The standard InChI is InChI=1S/C31H36ClN3O4.ClH/c1-21-10-5-6-11-23(21)24-13-15-26(29(36)34-31(30(37)38)16-7-4-8-17-31)33-28(24)22-12-14-25(32)27(20-22)39-19-9-18-35(2)3;/h5-6,10-15,20H,4,7-9,16-19H2,1-3H3,(H,34,36)(H,37,38);1H. The monoisotopic (exact) mass is 585 g/mol. The molecule has 214 valence electrons. The Kier molecular flexibility index (Phi) is 11.0. The highest BCUT2D eigenvalue weighted by atomic mass is 35.5. The molecule has 0 saturated heterocycles. The average Bonchev–Trinajstić information content (AvgIpc) is 2.92. The Bertz CT molecular complexity index is 1340. The molecule has 1 aliphatic carbocycles. The lowest BCUT2D eigenvalue weighted by atomic mass is 9.81. The van der Waals surface area contributed by atoms with Crippen LogP contribution in [0.2, 0.25) is 5.02 Å². The van der Waals surface area contributed by atoms with Crippen molar-refractivity contribution in [2.75, 3.05) is 27.2 Å². The SMILES string of the molecule is Cc1ccccc1-c1ccc(C(=O)NC2(C(=O)O)CCCCC2)nc1-c1ccc(Cl)c(OCCCN(C)C)c1.Cl. The summed E-state index contributed by atoms with van der Waals surface area (Å²) < 4.78 is 6.01. The number of aliphatic carboxylic acids is 1. The van der Waals surface area contributed by atoms with Gasteiger partial charge in [0, 0.05) is 17.7 Å². The van der Waals surface area contributed by atoms with E-state index in [1.165, 1.54) is 0 Å². The maximum atomic E-state index is 13.4. The molecule has 1 heterocycles. The summed E-state index contributed by atoms with van der Waals surface area (Å²) >= 11 is 6.47. The molecule has 7 nitrogen and oxygen atoms in total. The van der Waals surface area contributed by atoms with Crippen LogP contribution in [0.5, 0.6) is 5.75 Å². The maximum absolute atomic E-state index is 13.4. The summed E-state index contributed by atoms with van der Waals surface area (Å²) in [6.45, 7) is 3.44. The van der Waals surface area contributed by atoms with E-state index in [4.69, 9.17) is 21.3 Å². The molecule has 0 spiro atoms. The number of amides is 1. The average molecular weight is 587 g/mol. The molecule has 40 heavy (non-hydrogen) atoms. The van der Waals surface area contributed by atoms with Crippen molar-refractivity contribution in [1.29, 1.82) is 0 Å². The number of halogens is 2.